The van der Waals surface area contributed by atoms with E-state index in [-0.39, 0.29) is 54.9 Å². The fourth-order valence-electron chi connectivity index (χ4n) is 3.22. The van der Waals surface area contributed by atoms with Gasteiger partial charge in [-0.15, -0.1) is 9.24 Å². The third kappa shape index (κ3) is 5.76. The fourth-order valence-corrected chi connectivity index (χ4v) is 3.50. The Morgan fingerprint density at radius 3 is 2.43 bits per heavy atom. The van der Waals surface area contributed by atoms with Crippen LogP contribution in [0.5, 0.6) is 0 Å². The van der Waals surface area contributed by atoms with Gasteiger partial charge in [-0.25, -0.2) is 8.78 Å². The van der Waals surface area contributed by atoms with Gasteiger partial charge >= 0.3 is 6.18 Å². The molecule has 0 bridgehead atoms. The van der Waals surface area contributed by atoms with Crippen LogP contribution in [0.3, 0.4) is 0 Å². The minimum absolute atomic E-state index is 0.00144. The number of piperazine rings is 1. The molecule has 1 heterocycles. The highest BCUT2D eigenvalue weighted by Gasteiger charge is 2.41. The van der Waals surface area contributed by atoms with Gasteiger partial charge in [0.1, 0.15) is 11.6 Å². The van der Waals surface area contributed by atoms with Gasteiger partial charge in [0.15, 0.2) is 0 Å². The molecular formula is C19H24F5N4OP. The molecule has 0 aliphatic carbocycles. The highest BCUT2D eigenvalue weighted by Crippen LogP contribution is 2.26. The van der Waals surface area contributed by atoms with Gasteiger partial charge in [-0.2, -0.15) is 13.2 Å². The van der Waals surface area contributed by atoms with E-state index in [1.165, 1.54) is 11.0 Å². The Labute approximate surface area is 173 Å². The molecule has 1 aromatic rings. The first-order chi connectivity index (χ1) is 13.8. The number of hydrogen-bond acceptors (Lipinski definition) is 3. The summed E-state index contributed by atoms with van der Waals surface area (Å²) >= 11 is 0. The second-order valence-electron chi connectivity index (χ2n) is 7.39. The van der Waals surface area contributed by atoms with Crippen molar-refractivity contribution in [1.29, 1.82) is 5.41 Å². The summed E-state index contributed by atoms with van der Waals surface area (Å²) in [5.74, 6) is -3.31. The average Bonchev–Trinajstić information content (AvgIpc) is 2.64. The number of allylic oxidation sites excluding steroid dienone is 1. The Hall–Kier alpha value is -2.06. The van der Waals surface area contributed by atoms with Crippen LogP contribution >= 0.6 is 9.24 Å². The molecule has 3 N–H and O–H groups in total. The zero-order valence-corrected chi connectivity index (χ0v) is 17.8. The summed E-state index contributed by atoms with van der Waals surface area (Å²) in [7, 11) is 2.15. The highest BCUT2D eigenvalue weighted by molar-refractivity contribution is 7.27. The number of carbonyl (C=O) groups excluding carboxylic acids is 1. The Kier molecular flexibility index (Phi) is 7.58. The molecule has 2 rings (SSSR count). The summed E-state index contributed by atoms with van der Waals surface area (Å²) in [5, 5.41) is 7.58. The molecule has 5 nitrogen and oxygen atoms in total. The fraction of sp³-hybridized carbons (Fsp3) is 0.474. The van der Waals surface area contributed by atoms with E-state index in [2.05, 4.69) is 9.24 Å². The maximum absolute atomic E-state index is 13.9. The summed E-state index contributed by atoms with van der Waals surface area (Å²) in [4.78, 5) is 14.9. The van der Waals surface area contributed by atoms with Crippen LogP contribution in [0.2, 0.25) is 0 Å². The molecule has 2 atom stereocenters. The lowest BCUT2D eigenvalue weighted by atomic mass is 10.0. The number of amidine groups is 1. The van der Waals surface area contributed by atoms with Gasteiger partial charge in [0, 0.05) is 42.6 Å². The lowest BCUT2D eigenvalue weighted by Crippen LogP contribution is -2.53. The largest absolute Gasteiger partial charge is 0.449 e. The average molecular weight is 450 g/mol. The first-order valence-corrected chi connectivity index (χ1v) is 9.75. The molecule has 166 valence electrons. The zero-order chi connectivity index (χ0) is 22.8. The number of benzene rings is 1. The lowest BCUT2D eigenvalue weighted by Gasteiger charge is -2.39. The number of hydrogen-bond donors (Lipinski definition) is 2. The molecule has 1 saturated heterocycles. The van der Waals surface area contributed by atoms with E-state index in [0.717, 1.165) is 11.0 Å². The molecule has 11 heteroatoms. The van der Waals surface area contributed by atoms with Gasteiger partial charge < -0.3 is 15.5 Å². The number of rotatable bonds is 4. The van der Waals surface area contributed by atoms with Gasteiger partial charge in [0.2, 0.25) is 11.7 Å². The molecule has 0 radical (unpaired) electrons. The van der Waals surface area contributed by atoms with E-state index in [9.17, 15) is 26.7 Å². The van der Waals surface area contributed by atoms with Crippen LogP contribution in [-0.2, 0) is 11.2 Å². The second kappa shape index (κ2) is 9.39. The van der Waals surface area contributed by atoms with E-state index in [4.69, 9.17) is 11.1 Å². The molecule has 1 aliphatic rings. The third-order valence-electron chi connectivity index (χ3n) is 4.81. The van der Waals surface area contributed by atoms with Crippen molar-refractivity contribution in [2.24, 2.45) is 5.73 Å². The molecule has 0 aromatic heterocycles. The van der Waals surface area contributed by atoms with Crippen molar-refractivity contribution in [2.75, 3.05) is 19.6 Å². The summed E-state index contributed by atoms with van der Waals surface area (Å²) < 4.78 is 66.1. The van der Waals surface area contributed by atoms with Gasteiger partial charge in [-0.1, -0.05) is 5.57 Å². The van der Waals surface area contributed by atoms with Crippen molar-refractivity contribution in [1.82, 2.24) is 9.80 Å². The van der Waals surface area contributed by atoms with Gasteiger partial charge in [0.25, 0.3) is 0 Å². The number of halogens is 5. The van der Waals surface area contributed by atoms with Gasteiger partial charge in [-0.05, 0) is 31.9 Å². The molecule has 1 amide bonds. The first-order valence-electron chi connectivity index (χ1n) is 9.17. The zero-order valence-electron chi connectivity index (χ0n) is 16.6. The molecule has 1 aliphatic heterocycles. The predicted molar refractivity (Wildman–Crippen MR) is 107 cm³/mol. The predicted octanol–water partition coefficient (Wildman–Crippen LogP) is 2.70. The minimum Gasteiger partial charge on any atom is -0.335 e. The Bertz CT molecular complexity index is 867. The quantitative estimate of drug-likeness (QED) is 0.321. The monoisotopic (exact) mass is 450 g/mol. The van der Waals surface area contributed by atoms with Crippen LogP contribution in [0.15, 0.2) is 23.4 Å². The molecule has 1 fully saturated rings. The maximum Gasteiger partial charge on any atom is 0.449 e. The smallest absolute Gasteiger partial charge is 0.335 e. The van der Waals surface area contributed by atoms with Crippen molar-refractivity contribution in [3.05, 3.63) is 40.6 Å². The van der Waals surface area contributed by atoms with Gasteiger partial charge in [-0.3, -0.25) is 10.2 Å². The number of amides is 1. The van der Waals surface area contributed by atoms with Crippen molar-refractivity contribution >= 4 is 26.3 Å². The van der Waals surface area contributed by atoms with E-state index in [1.807, 2.05) is 0 Å². The Balaban J connectivity index is 2.05. The van der Waals surface area contributed by atoms with Crippen LogP contribution in [0.1, 0.15) is 25.8 Å². The summed E-state index contributed by atoms with van der Waals surface area (Å²) in [6.45, 7) is 2.99. The highest BCUT2D eigenvalue weighted by atomic mass is 31.0. The SMILES string of the molecule is CC(C)=C1CN(C(=O)CC(N)Cc2cc(P)c(F)cc2F)CCN1C(=N)C(F)(F)F. The van der Waals surface area contributed by atoms with E-state index >= 15 is 0 Å². The molecule has 0 saturated carbocycles. The number of carbonyl (C=O) groups is 1. The number of alkyl halides is 3. The summed E-state index contributed by atoms with van der Waals surface area (Å²) in [5.41, 5.74) is 6.95. The summed E-state index contributed by atoms with van der Waals surface area (Å²) in [6, 6.07) is 1.31. The molecule has 30 heavy (non-hydrogen) atoms. The number of nitrogens with two attached hydrogens (primary N) is 1. The van der Waals surface area contributed by atoms with Crippen molar-refractivity contribution in [3.8, 4) is 0 Å². The standard InChI is InChI=1S/C19H24F5N4OP/c1-10(2)15-9-27(3-4-28(15)18(26)19(22,23)24)17(29)7-12(25)5-11-6-16(30)14(21)8-13(11)20/h6,8,12,26H,3-5,7,9,25,30H2,1-2H3. The van der Waals surface area contributed by atoms with Crippen molar-refractivity contribution in [2.45, 2.75) is 38.9 Å². The Morgan fingerprint density at radius 2 is 1.87 bits per heavy atom. The molecule has 1 aromatic carbocycles. The Morgan fingerprint density at radius 1 is 1.23 bits per heavy atom. The number of nitrogens with one attached hydrogen (secondary N) is 1. The summed E-state index contributed by atoms with van der Waals surface area (Å²) in [6.07, 6.45) is -4.92. The maximum atomic E-state index is 13.9. The first kappa shape index (κ1) is 24.2. The van der Waals surface area contributed by atoms with E-state index in [1.54, 1.807) is 13.8 Å². The van der Waals surface area contributed by atoms with Gasteiger partial charge in [0.05, 0.1) is 6.54 Å². The van der Waals surface area contributed by atoms with E-state index in [0.29, 0.717) is 5.57 Å². The molecule has 0 spiro atoms. The molecular weight excluding hydrogens is 426 g/mol. The van der Waals surface area contributed by atoms with E-state index < -0.39 is 29.7 Å². The number of nitrogens with zero attached hydrogens (tertiary/aromatic N) is 2. The normalized spacial score (nSPS) is 16.0. The van der Waals surface area contributed by atoms with Crippen LogP contribution in [0.25, 0.3) is 0 Å². The molecule has 2 unspecified atom stereocenters. The lowest BCUT2D eigenvalue weighted by molar-refractivity contribution is -0.132. The van der Waals surface area contributed by atoms with Crippen molar-refractivity contribution < 1.29 is 26.7 Å². The second-order valence-corrected chi connectivity index (χ2v) is 8.02. The topological polar surface area (TPSA) is 73.4 Å². The third-order valence-corrected chi connectivity index (χ3v) is 5.26. The minimum atomic E-state index is -4.79. The van der Waals surface area contributed by atoms with Crippen LogP contribution < -0.4 is 11.0 Å². The van der Waals surface area contributed by atoms with Crippen LogP contribution in [0, 0.1) is 17.0 Å². The van der Waals surface area contributed by atoms with Crippen molar-refractivity contribution in [3.63, 3.8) is 0 Å². The van der Waals surface area contributed by atoms with Crippen LogP contribution in [0.4, 0.5) is 22.0 Å². The van der Waals surface area contributed by atoms with Crippen LogP contribution in [-0.4, -0.2) is 53.4 Å².